The van der Waals surface area contributed by atoms with Gasteiger partial charge in [0.05, 0.1) is 5.69 Å². The van der Waals surface area contributed by atoms with Crippen LogP contribution in [0.25, 0.3) is 0 Å². The van der Waals surface area contributed by atoms with Gasteiger partial charge in [-0.2, -0.15) is 0 Å². The standard InChI is InChI=1S/C14H17N3O4/c1-8-7-9(8)13(19)16-6-4-11(18)17-10-3-2-5-15-12(10)14(20)21/h2-3,5,8-9H,4,6-7H2,1H3,(H,16,19)(H,17,18)(H,20,21). The first kappa shape index (κ1) is 15.0. The third-order valence-corrected chi connectivity index (χ3v) is 3.38. The number of nitrogens with zero attached hydrogens (tertiary/aromatic N) is 1. The topological polar surface area (TPSA) is 108 Å². The van der Waals surface area contributed by atoms with Crippen LogP contribution in [0.5, 0.6) is 0 Å². The summed E-state index contributed by atoms with van der Waals surface area (Å²) in [6.07, 6.45) is 2.33. The van der Waals surface area contributed by atoms with Gasteiger partial charge in [0.15, 0.2) is 5.69 Å². The van der Waals surface area contributed by atoms with Crippen molar-refractivity contribution in [3.63, 3.8) is 0 Å². The fourth-order valence-corrected chi connectivity index (χ4v) is 2.01. The van der Waals surface area contributed by atoms with Crippen molar-refractivity contribution in [3.8, 4) is 0 Å². The highest BCUT2D eigenvalue weighted by atomic mass is 16.4. The second kappa shape index (κ2) is 6.34. The number of anilines is 1. The van der Waals surface area contributed by atoms with Gasteiger partial charge < -0.3 is 15.7 Å². The van der Waals surface area contributed by atoms with Crippen LogP contribution in [0.1, 0.15) is 30.3 Å². The molecule has 1 heterocycles. The molecule has 7 nitrogen and oxygen atoms in total. The Labute approximate surface area is 121 Å². The fourth-order valence-electron chi connectivity index (χ4n) is 2.01. The summed E-state index contributed by atoms with van der Waals surface area (Å²) in [5.41, 5.74) is -0.0566. The van der Waals surface area contributed by atoms with Crippen LogP contribution in [-0.2, 0) is 9.59 Å². The van der Waals surface area contributed by atoms with Gasteiger partial charge in [-0.05, 0) is 24.5 Å². The minimum absolute atomic E-state index is 0.0251. The van der Waals surface area contributed by atoms with Crippen LogP contribution < -0.4 is 10.6 Å². The smallest absolute Gasteiger partial charge is 0.356 e. The first-order valence-corrected chi connectivity index (χ1v) is 6.75. The lowest BCUT2D eigenvalue weighted by molar-refractivity contribution is -0.122. The summed E-state index contributed by atoms with van der Waals surface area (Å²) in [7, 11) is 0. The number of hydrogen-bond acceptors (Lipinski definition) is 4. The summed E-state index contributed by atoms with van der Waals surface area (Å²) in [6, 6.07) is 3.01. The molecule has 2 atom stereocenters. The average molecular weight is 291 g/mol. The molecule has 1 aromatic rings. The van der Waals surface area contributed by atoms with Crippen LogP contribution in [-0.4, -0.2) is 34.4 Å². The number of carboxylic acids is 1. The van der Waals surface area contributed by atoms with Crippen molar-refractivity contribution in [1.29, 1.82) is 0 Å². The maximum absolute atomic E-state index is 11.7. The number of nitrogens with one attached hydrogen (secondary N) is 2. The molecule has 1 aromatic heterocycles. The Morgan fingerprint density at radius 2 is 2.14 bits per heavy atom. The maximum atomic E-state index is 11.7. The van der Waals surface area contributed by atoms with Gasteiger partial charge in [-0.25, -0.2) is 9.78 Å². The summed E-state index contributed by atoms with van der Waals surface area (Å²) in [4.78, 5) is 37.9. The van der Waals surface area contributed by atoms with Gasteiger partial charge in [-0.3, -0.25) is 9.59 Å². The van der Waals surface area contributed by atoms with Crippen molar-refractivity contribution >= 4 is 23.5 Å². The molecule has 2 rings (SSSR count). The lowest BCUT2D eigenvalue weighted by Crippen LogP contribution is -2.29. The monoisotopic (exact) mass is 291 g/mol. The van der Waals surface area contributed by atoms with Crippen molar-refractivity contribution < 1.29 is 19.5 Å². The zero-order valence-corrected chi connectivity index (χ0v) is 11.6. The van der Waals surface area contributed by atoms with Gasteiger partial charge in [-0.1, -0.05) is 6.92 Å². The molecule has 7 heteroatoms. The summed E-state index contributed by atoms with van der Waals surface area (Å²) in [5, 5.41) is 14.1. The second-order valence-corrected chi connectivity index (χ2v) is 5.11. The number of rotatable bonds is 6. The van der Waals surface area contributed by atoms with Gasteiger partial charge >= 0.3 is 5.97 Å². The number of carbonyl (C=O) groups excluding carboxylic acids is 2. The van der Waals surface area contributed by atoms with E-state index in [9.17, 15) is 14.4 Å². The van der Waals surface area contributed by atoms with E-state index in [2.05, 4.69) is 15.6 Å². The van der Waals surface area contributed by atoms with Gasteiger partial charge in [0, 0.05) is 25.1 Å². The Kier molecular flexibility index (Phi) is 4.52. The van der Waals surface area contributed by atoms with E-state index < -0.39 is 5.97 Å². The number of aromatic nitrogens is 1. The zero-order chi connectivity index (χ0) is 15.4. The second-order valence-electron chi connectivity index (χ2n) is 5.11. The third-order valence-electron chi connectivity index (χ3n) is 3.38. The molecule has 3 N–H and O–H groups in total. The first-order valence-electron chi connectivity index (χ1n) is 6.75. The highest BCUT2D eigenvalue weighted by molar-refractivity contribution is 5.99. The van der Waals surface area contributed by atoms with Crippen molar-refractivity contribution in [2.75, 3.05) is 11.9 Å². The number of amides is 2. The van der Waals surface area contributed by atoms with Gasteiger partial charge in [0.1, 0.15) is 0 Å². The number of aromatic carboxylic acids is 1. The fraction of sp³-hybridized carbons (Fsp3) is 0.429. The van der Waals surface area contributed by atoms with E-state index in [0.29, 0.717) is 5.92 Å². The molecule has 2 amide bonds. The van der Waals surface area contributed by atoms with E-state index in [1.165, 1.54) is 18.3 Å². The van der Waals surface area contributed by atoms with Crippen LogP contribution in [0.3, 0.4) is 0 Å². The SMILES string of the molecule is CC1CC1C(=O)NCCC(=O)Nc1cccnc1C(=O)O. The predicted molar refractivity (Wildman–Crippen MR) is 74.7 cm³/mol. The van der Waals surface area contributed by atoms with Crippen molar-refractivity contribution in [3.05, 3.63) is 24.0 Å². The van der Waals surface area contributed by atoms with E-state index in [4.69, 9.17) is 5.11 Å². The van der Waals surface area contributed by atoms with Gasteiger partial charge in [0.2, 0.25) is 11.8 Å². The molecule has 1 aliphatic rings. The lowest BCUT2D eigenvalue weighted by atomic mass is 10.2. The Morgan fingerprint density at radius 3 is 2.76 bits per heavy atom. The Morgan fingerprint density at radius 1 is 1.43 bits per heavy atom. The molecule has 0 radical (unpaired) electrons. The van der Waals surface area contributed by atoms with Crippen LogP contribution in [0.2, 0.25) is 0 Å². The van der Waals surface area contributed by atoms with Crippen molar-refractivity contribution in [2.45, 2.75) is 19.8 Å². The highest BCUT2D eigenvalue weighted by Crippen LogP contribution is 2.37. The Hall–Kier alpha value is -2.44. The molecule has 21 heavy (non-hydrogen) atoms. The number of carbonyl (C=O) groups is 3. The van der Waals surface area contributed by atoms with Crippen LogP contribution in [0.15, 0.2) is 18.3 Å². The molecule has 2 unspecified atom stereocenters. The Bertz CT molecular complexity index is 573. The summed E-state index contributed by atoms with van der Waals surface area (Å²) < 4.78 is 0. The minimum atomic E-state index is -1.21. The Balaban J connectivity index is 1.79. The number of carboxylic acid groups (broad SMARTS) is 1. The largest absolute Gasteiger partial charge is 0.476 e. The molecule has 1 aliphatic carbocycles. The lowest BCUT2D eigenvalue weighted by Gasteiger charge is -2.08. The summed E-state index contributed by atoms with van der Waals surface area (Å²) >= 11 is 0. The molecule has 0 aliphatic heterocycles. The highest BCUT2D eigenvalue weighted by Gasteiger charge is 2.38. The van der Waals surface area contributed by atoms with Crippen LogP contribution >= 0.6 is 0 Å². The first-order chi connectivity index (χ1) is 9.99. The molecule has 0 aromatic carbocycles. The minimum Gasteiger partial charge on any atom is -0.476 e. The summed E-state index contributed by atoms with van der Waals surface area (Å²) in [6.45, 7) is 2.24. The van der Waals surface area contributed by atoms with E-state index >= 15 is 0 Å². The molecule has 0 saturated heterocycles. The van der Waals surface area contributed by atoms with E-state index in [1.807, 2.05) is 6.92 Å². The number of pyridine rings is 1. The van der Waals surface area contributed by atoms with Gasteiger partial charge in [-0.15, -0.1) is 0 Å². The third kappa shape index (κ3) is 4.01. The molecular weight excluding hydrogens is 274 g/mol. The summed E-state index contributed by atoms with van der Waals surface area (Å²) in [5.74, 6) is -1.10. The molecular formula is C14H17N3O4. The van der Waals surface area contributed by atoms with Crippen LogP contribution in [0.4, 0.5) is 5.69 Å². The van der Waals surface area contributed by atoms with E-state index in [-0.39, 0.29) is 42.1 Å². The molecule has 0 bridgehead atoms. The van der Waals surface area contributed by atoms with Gasteiger partial charge in [0.25, 0.3) is 0 Å². The predicted octanol–water partition coefficient (Wildman–Crippen LogP) is 0.881. The molecule has 1 fully saturated rings. The number of hydrogen-bond donors (Lipinski definition) is 3. The normalized spacial score (nSPS) is 19.7. The average Bonchev–Trinajstić information content (AvgIpc) is 3.16. The van der Waals surface area contributed by atoms with E-state index in [0.717, 1.165) is 6.42 Å². The quantitative estimate of drug-likeness (QED) is 0.721. The molecule has 1 saturated carbocycles. The van der Waals surface area contributed by atoms with E-state index in [1.54, 1.807) is 0 Å². The molecule has 0 spiro atoms. The zero-order valence-electron chi connectivity index (χ0n) is 11.6. The van der Waals surface area contributed by atoms with Crippen molar-refractivity contribution in [1.82, 2.24) is 10.3 Å². The molecule has 112 valence electrons. The van der Waals surface area contributed by atoms with Crippen molar-refractivity contribution in [2.24, 2.45) is 11.8 Å². The van der Waals surface area contributed by atoms with Crippen LogP contribution in [0, 0.1) is 11.8 Å². The maximum Gasteiger partial charge on any atom is 0.356 e.